The number of anilines is 1. The fourth-order valence-electron chi connectivity index (χ4n) is 3.89. The Kier molecular flexibility index (Phi) is 7.11. The first kappa shape index (κ1) is 22.3. The van der Waals surface area contributed by atoms with Gasteiger partial charge in [0.1, 0.15) is 11.6 Å². The van der Waals surface area contributed by atoms with E-state index in [2.05, 4.69) is 56.9 Å². The lowest BCUT2D eigenvalue weighted by molar-refractivity contribution is -0.134. The molecule has 1 aliphatic rings. The number of aromatic nitrogens is 2. The molecule has 0 radical (unpaired) electrons. The van der Waals surface area contributed by atoms with Crippen LogP contribution < -0.4 is 4.90 Å². The van der Waals surface area contributed by atoms with Crippen LogP contribution in [0.25, 0.3) is 0 Å². The van der Waals surface area contributed by atoms with Crippen LogP contribution in [0.3, 0.4) is 0 Å². The van der Waals surface area contributed by atoms with E-state index in [4.69, 9.17) is 9.97 Å². The zero-order chi connectivity index (χ0) is 21.8. The minimum atomic E-state index is 0.0481. The van der Waals surface area contributed by atoms with Crippen LogP contribution in [0.4, 0.5) is 5.82 Å². The number of amides is 1. The number of nitrogens with zero attached hydrogens (tertiary/aromatic N) is 4. The van der Waals surface area contributed by atoms with Gasteiger partial charge in [-0.15, -0.1) is 0 Å². The van der Waals surface area contributed by atoms with Crippen molar-refractivity contribution in [2.45, 2.75) is 60.3 Å². The summed E-state index contributed by atoms with van der Waals surface area (Å²) in [6.45, 7) is 15.7. The summed E-state index contributed by atoms with van der Waals surface area (Å²) < 4.78 is 0. The maximum Gasteiger partial charge on any atom is 0.225 e. The molecule has 1 aromatic carbocycles. The van der Waals surface area contributed by atoms with Crippen molar-refractivity contribution in [2.24, 2.45) is 5.92 Å². The average molecular weight is 409 g/mol. The highest BCUT2D eigenvalue weighted by atomic mass is 16.2. The third-order valence-corrected chi connectivity index (χ3v) is 6.15. The van der Waals surface area contributed by atoms with Crippen LogP contribution in [0, 0.1) is 19.8 Å². The molecular weight excluding hydrogens is 372 g/mol. The van der Waals surface area contributed by atoms with Crippen LogP contribution in [-0.4, -0.2) is 47.0 Å². The summed E-state index contributed by atoms with van der Waals surface area (Å²) >= 11 is 0. The van der Waals surface area contributed by atoms with Crippen molar-refractivity contribution in [1.82, 2.24) is 14.9 Å². The number of aryl methyl sites for hydroxylation is 2. The van der Waals surface area contributed by atoms with Crippen molar-refractivity contribution in [1.29, 1.82) is 0 Å². The van der Waals surface area contributed by atoms with Gasteiger partial charge in [-0.05, 0) is 25.8 Å². The molecule has 0 bridgehead atoms. The molecular formula is C25H36N4O. The lowest BCUT2D eigenvalue weighted by atomic mass is 10.0. The predicted octanol–water partition coefficient (Wildman–Crippen LogP) is 4.50. The molecule has 0 spiro atoms. The fraction of sp³-hybridized carbons (Fsp3) is 0.560. The van der Waals surface area contributed by atoms with Gasteiger partial charge in [0.25, 0.3) is 0 Å². The van der Waals surface area contributed by atoms with Gasteiger partial charge in [0.05, 0.1) is 0 Å². The second kappa shape index (κ2) is 9.59. The van der Waals surface area contributed by atoms with Gasteiger partial charge >= 0.3 is 0 Å². The van der Waals surface area contributed by atoms with Gasteiger partial charge in [0.2, 0.25) is 5.91 Å². The summed E-state index contributed by atoms with van der Waals surface area (Å²) in [7, 11) is 0. The topological polar surface area (TPSA) is 49.3 Å². The number of hydrogen-bond acceptors (Lipinski definition) is 4. The fourth-order valence-corrected chi connectivity index (χ4v) is 3.89. The van der Waals surface area contributed by atoms with E-state index in [1.165, 1.54) is 16.7 Å². The van der Waals surface area contributed by atoms with Crippen LogP contribution in [0.1, 0.15) is 68.2 Å². The molecule has 30 heavy (non-hydrogen) atoms. The van der Waals surface area contributed by atoms with Crippen LogP contribution >= 0.6 is 0 Å². The second-order valence-electron chi connectivity index (χ2n) is 8.91. The summed E-state index contributed by atoms with van der Waals surface area (Å²) in [5.41, 5.74) is 4.81. The molecule has 1 unspecified atom stereocenters. The molecule has 2 heterocycles. The highest BCUT2D eigenvalue weighted by molar-refractivity contribution is 5.78. The van der Waals surface area contributed by atoms with Crippen LogP contribution in [-0.2, 0) is 11.2 Å². The lowest BCUT2D eigenvalue weighted by Crippen LogP contribution is -2.50. The molecule has 0 N–H and O–H groups in total. The van der Waals surface area contributed by atoms with E-state index in [0.29, 0.717) is 5.92 Å². The van der Waals surface area contributed by atoms with Crippen LogP contribution in [0.5, 0.6) is 0 Å². The normalized spacial score (nSPS) is 15.6. The Labute approximate surface area is 181 Å². The van der Waals surface area contributed by atoms with Crippen molar-refractivity contribution in [3.05, 3.63) is 52.5 Å². The van der Waals surface area contributed by atoms with Crippen molar-refractivity contribution in [3.63, 3.8) is 0 Å². The number of piperazine rings is 1. The van der Waals surface area contributed by atoms with Gasteiger partial charge in [-0.1, -0.05) is 57.5 Å². The summed E-state index contributed by atoms with van der Waals surface area (Å²) in [5, 5.41) is 0. The standard InChI is InChI=1S/C25H36N4O/c1-7-19(5)23-26-20(6)22(16-21-10-8-18(4)9-11-21)24(27-23)28-12-14-29(15-13-28)25(30)17(2)3/h8-11,17,19H,7,12-16H2,1-6H3. The number of carbonyl (C=O) groups is 1. The number of hydrogen-bond donors (Lipinski definition) is 0. The van der Waals surface area contributed by atoms with E-state index < -0.39 is 0 Å². The Balaban J connectivity index is 1.91. The van der Waals surface area contributed by atoms with Gasteiger partial charge in [-0.3, -0.25) is 4.79 Å². The SMILES string of the molecule is CCC(C)c1nc(C)c(Cc2ccc(C)cc2)c(N2CCN(C(=O)C(C)C)CC2)n1. The average Bonchev–Trinajstić information content (AvgIpc) is 2.75. The highest BCUT2D eigenvalue weighted by Gasteiger charge is 2.26. The monoisotopic (exact) mass is 408 g/mol. The van der Waals surface area contributed by atoms with Crippen LogP contribution in [0.2, 0.25) is 0 Å². The highest BCUT2D eigenvalue weighted by Crippen LogP contribution is 2.28. The van der Waals surface area contributed by atoms with Crippen molar-refractivity contribution in [3.8, 4) is 0 Å². The number of benzene rings is 1. The molecule has 1 atom stereocenters. The number of carbonyl (C=O) groups excluding carboxylic acids is 1. The zero-order valence-electron chi connectivity index (χ0n) is 19.4. The number of rotatable bonds is 6. The van der Waals surface area contributed by atoms with Crippen LogP contribution in [0.15, 0.2) is 24.3 Å². The first-order chi connectivity index (χ1) is 14.3. The maximum atomic E-state index is 12.4. The Hall–Kier alpha value is -2.43. The zero-order valence-corrected chi connectivity index (χ0v) is 19.4. The first-order valence-corrected chi connectivity index (χ1v) is 11.3. The Morgan fingerprint density at radius 3 is 2.20 bits per heavy atom. The quantitative estimate of drug-likeness (QED) is 0.706. The molecule has 5 nitrogen and oxygen atoms in total. The van der Waals surface area contributed by atoms with Gasteiger partial charge in [-0.2, -0.15) is 0 Å². The van der Waals surface area contributed by atoms with E-state index in [9.17, 15) is 4.79 Å². The lowest BCUT2D eigenvalue weighted by Gasteiger charge is -2.37. The molecule has 2 aromatic rings. The van der Waals surface area contributed by atoms with Gasteiger partial charge in [0.15, 0.2) is 0 Å². The summed E-state index contributed by atoms with van der Waals surface area (Å²) in [5.74, 6) is 2.61. The predicted molar refractivity (Wildman–Crippen MR) is 123 cm³/mol. The molecule has 1 amide bonds. The van der Waals surface area contributed by atoms with Crippen molar-refractivity contribution >= 4 is 11.7 Å². The third-order valence-electron chi connectivity index (χ3n) is 6.15. The maximum absolute atomic E-state index is 12.4. The van der Waals surface area contributed by atoms with Gasteiger partial charge < -0.3 is 9.80 Å². The Morgan fingerprint density at radius 1 is 1.00 bits per heavy atom. The second-order valence-corrected chi connectivity index (χ2v) is 8.91. The van der Waals surface area contributed by atoms with Crippen molar-refractivity contribution < 1.29 is 4.79 Å². The van der Waals surface area contributed by atoms with E-state index >= 15 is 0 Å². The van der Waals surface area contributed by atoms with E-state index in [1.54, 1.807) is 0 Å². The minimum absolute atomic E-state index is 0.0481. The molecule has 1 fully saturated rings. The van der Waals surface area contributed by atoms with E-state index in [0.717, 1.165) is 56.4 Å². The summed E-state index contributed by atoms with van der Waals surface area (Å²) in [6.07, 6.45) is 1.85. The molecule has 1 aliphatic heterocycles. The third kappa shape index (κ3) is 5.00. The largest absolute Gasteiger partial charge is 0.353 e. The minimum Gasteiger partial charge on any atom is -0.353 e. The van der Waals surface area contributed by atoms with Gasteiger partial charge in [-0.25, -0.2) is 9.97 Å². The Bertz CT molecular complexity index is 867. The molecule has 0 aliphatic carbocycles. The smallest absolute Gasteiger partial charge is 0.225 e. The van der Waals surface area contributed by atoms with Crippen molar-refractivity contribution in [2.75, 3.05) is 31.1 Å². The summed E-state index contributed by atoms with van der Waals surface area (Å²) in [6, 6.07) is 8.71. The Morgan fingerprint density at radius 2 is 1.63 bits per heavy atom. The molecule has 1 saturated heterocycles. The van der Waals surface area contributed by atoms with E-state index in [-0.39, 0.29) is 11.8 Å². The van der Waals surface area contributed by atoms with E-state index in [1.807, 2.05) is 18.7 Å². The molecule has 162 valence electrons. The first-order valence-electron chi connectivity index (χ1n) is 11.3. The molecule has 5 heteroatoms. The summed E-state index contributed by atoms with van der Waals surface area (Å²) in [4.78, 5) is 26.7. The molecule has 0 saturated carbocycles. The van der Waals surface area contributed by atoms with Gasteiger partial charge in [0, 0.05) is 55.7 Å². The molecule has 3 rings (SSSR count). The molecule has 1 aromatic heterocycles.